The highest BCUT2D eigenvalue weighted by Gasteiger charge is 2.19. The number of nitrogens with zero attached hydrogens (tertiary/aromatic N) is 4. The maximum absolute atomic E-state index is 13.0. The Morgan fingerprint density at radius 3 is 2.57 bits per heavy atom. The molecule has 4 aromatic rings. The summed E-state index contributed by atoms with van der Waals surface area (Å²) in [5.74, 6) is -0.759. The van der Waals surface area contributed by atoms with Gasteiger partial charge in [-0.3, -0.25) is 19.7 Å². The first-order valence-electron chi connectivity index (χ1n) is 11.4. The van der Waals surface area contributed by atoms with Gasteiger partial charge in [0.1, 0.15) is 0 Å². The smallest absolute Gasteiger partial charge is 0.268 e. The molecule has 0 aliphatic heterocycles. The molecule has 4 rings (SSSR count). The molecular formula is C27H24N6O3S. The number of primary amides is 1. The molecule has 2 aromatic carbocycles. The number of nitrogens with one attached hydrogen (secondary N) is 1. The molecule has 3 N–H and O–H groups in total. The van der Waals surface area contributed by atoms with Gasteiger partial charge in [0.2, 0.25) is 11.9 Å². The van der Waals surface area contributed by atoms with Crippen LogP contribution in [0.5, 0.6) is 0 Å². The lowest BCUT2D eigenvalue weighted by Crippen LogP contribution is -2.26. The van der Waals surface area contributed by atoms with Gasteiger partial charge in [0.05, 0.1) is 22.0 Å². The summed E-state index contributed by atoms with van der Waals surface area (Å²) in [4.78, 5) is 44.8. The Morgan fingerprint density at radius 2 is 1.86 bits per heavy atom. The van der Waals surface area contributed by atoms with Crippen LogP contribution in [0.2, 0.25) is 0 Å². The van der Waals surface area contributed by atoms with Gasteiger partial charge >= 0.3 is 0 Å². The van der Waals surface area contributed by atoms with Gasteiger partial charge < -0.3 is 15.2 Å². The third kappa shape index (κ3) is 5.58. The Morgan fingerprint density at radius 1 is 1.14 bits per heavy atom. The molecule has 9 nitrogen and oxygen atoms in total. The average Bonchev–Trinajstić information content (AvgIpc) is 3.52. The van der Waals surface area contributed by atoms with Crippen molar-refractivity contribution < 1.29 is 14.4 Å². The molecular weight excluding hydrogens is 488 g/mol. The second-order valence-electron chi connectivity index (χ2n) is 8.28. The number of aryl methyl sites for hydroxylation is 1. The number of carbonyl (C=O) groups excluding carboxylic acids is 3. The van der Waals surface area contributed by atoms with E-state index in [1.165, 1.54) is 22.3 Å². The number of rotatable bonds is 8. The number of benzene rings is 2. The number of aromatic nitrogens is 2. The number of allylic oxidation sites excluding steroid dienone is 2. The van der Waals surface area contributed by atoms with E-state index in [9.17, 15) is 14.4 Å². The van der Waals surface area contributed by atoms with Crippen LogP contribution in [0.15, 0.2) is 66.7 Å². The van der Waals surface area contributed by atoms with Crippen LogP contribution in [-0.2, 0) is 11.3 Å². The Kier molecular flexibility index (Phi) is 7.46. The standard InChI is InChI=1S/C27H24N6O3S/c1-17(12-14-28)22-10-11-23(37-22)25(35)31-27-30-20-16-19(8-9-21(20)33(27)15-13-24(29)34)32(2)26(36)18-6-4-3-5-7-18/h3-12,16H,13,15H2,1-2H3,(H2,29,34)(H,30,31,35)/b17-12+. The molecule has 10 heteroatoms. The van der Waals surface area contributed by atoms with Gasteiger partial charge in [-0.1, -0.05) is 18.2 Å². The highest BCUT2D eigenvalue weighted by molar-refractivity contribution is 7.15. The Hall–Kier alpha value is -4.75. The number of anilines is 2. The number of fused-ring (bicyclic) bond motifs is 1. The molecule has 37 heavy (non-hydrogen) atoms. The number of thiophene rings is 1. The van der Waals surface area contributed by atoms with Crippen LogP contribution in [0, 0.1) is 11.3 Å². The van der Waals surface area contributed by atoms with Crippen molar-refractivity contribution in [1.29, 1.82) is 5.26 Å². The zero-order chi connectivity index (χ0) is 26.5. The summed E-state index contributed by atoms with van der Waals surface area (Å²) in [6.45, 7) is 2.02. The third-order valence-corrected chi connectivity index (χ3v) is 6.97. The third-order valence-electron chi connectivity index (χ3n) is 5.75. The van der Waals surface area contributed by atoms with E-state index in [-0.39, 0.29) is 30.7 Å². The number of nitrogens with two attached hydrogens (primary N) is 1. The van der Waals surface area contributed by atoms with Crippen LogP contribution in [0.4, 0.5) is 11.6 Å². The van der Waals surface area contributed by atoms with E-state index in [4.69, 9.17) is 11.0 Å². The van der Waals surface area contributed by atoms with Gasteiger partial charge in [-0.2, -0.15) is 5.26 Å². The van der Waals surface area contributed by atoms with Crippen molar-refractivity contribution in [3.05, 3.63) is 82.1 Å². The highest BCUT2D eigenvalue weighted by Crippen LogP contribution is 2.28. The normalized spacial score (nSPS) is 11.2. The summed E-state index contributed by atoms with van der Waals surface area (Å²) in [5, 5.41) is 11.7. The SMILES string of the molecule is C/C(=C\C#N)c1ccc(C(=O)Nc2nc3cc(N(C)C(=O)c4ccccc4)ccc3n2CCC(N)=O)s1. The second kappa shape index (κ2) is 10.9. The second-order valence-corrected chi connectivity index (χ2v) is 9.36. The quantitative estimate of drug-likeness (QED) is 0.337. The topological polar surface area (TPSA) is 134 Å². The predicted molar refractivity (Wildman–Crippen MR) is 144 cm³/mol. The first-order chi connectivity index (χ1) is 17.8. The molecule has 2 heterocycles. The molecule has 0 unspecified atom stereocenters. The van der Waals surface area contributed by atoms with Crippen LogP contribution in [0.25, 0.3) is 16.6 Å². The lowest BCUT2D eigenvalue weighted by molar-refractivity contribution is -0.118. The number of hydrogen-bond acceptors (Lipinski definition) is 6. The van der Waals surface area contributed by atoms with Gasteiger partial charge in [0.15, 0.2) is 0 Å². The summed E-state index contributed by atoms with van der Waals surface area (Å²) in [6, 6.07) is 19.7. The van der Waals surface area contributed by atoms with Crippen molar-refractivity contribution in [1.82, 2.24) is 9.55 Å². The maximum Gasteiger partial charge on any atom is 0.268 e. The molecule has 0 saturated heterocycles. The molecule has 0 fully saturated rings. The number of imidazole rings is 1. The minimum atomic E-state index is -0.480. The van der Waals surface area contributed by atoms with E-state index in [1.54, 1.807) is 73.1 Å². The first kappa shape index (κ1) is 25.3. The molecule has 0 aliphatic carbocycles. The fourth-order valence-corrected chi connectivity index (χ4v) is 4.64. The summed E-state index contributed by atoms with van der Waals surface area (Å²) < 4.78 is 1.72. The van der Waals surface area contributed by atoms with E-state index < -0.39 is 5.91 Å². The molecule has 0 aliphatic rings. The zero-order valence-electron chi connectivity index (χ0n) is 20.3. The van der Waals surface area contributed by atoms with Crippen LogP contribution < -0.4 is 16.0 Å². The Balaban J connectivity index is 1.65. The summed E-state index contributed by atoms with van der Waals surface area (Å²) in [6.07, 6.45) is 1.48. The monoisotopic (exact) mass is 512 g/mol. The van der Waals surface area contributed by atoms with Gasteiger partial charge in [-0.25, -0.2) is 4.98 Å². The van der Waals surface area contributed by atoms with Crippen LogP contribution in [0.1, 0.15) is 38.3 Å². The van der Waals surface area contributed by atoms with Crippen molar-refractivity contribution in [3.63, 3.8) is 0 Å². The van der Waals surface area contributed by atoms with Gasteiger partial charge in [-0.15, -0.1) is 11.3 Å². The lowest BCUT2D eigenvalue weighted by Gasteiger charge is -2.17. The largest absolute Gasteiger partial charge is 0.370 e. The van der Waals surface area contributed by atoms with Gasteiger partial charge in [-0.05, 0) is 55.0 Å². The van der Waals surface area contributed by atoms with Gasteiger partial charge in [0, 0.05) is 42.2 Å². The van der Waals surface area contributed by atoms with Gasteiger partial charge in [0.25, 0.3) is 11.8 Å². The van der Waals surface area contributed by atoms with Crippen molar-refractivity contribution >= 4 is 57.3 Å². The van der Waals surface area contributed by atoms with Crippen LogP contribution in [-0.4, -0.2) is 34.3 Å². The van der Waals surface area contributed by atoms with Crippen molar-refractivity contribution in [2.75, 3.05) is 17.3 Å². The summed E-state index contributed by atoms with van der Waals surface area (Å²) >= 11 is 1.26. The Labute approximate surface area is 217 Å². The lowest BCUT2D eigenvalue weighted by atomic mass is 10.2. The number of nitriles is 1. The Bertz CT molecular complexity index is 1560. The molecule has 186 valence electrons. The van der Waals surface area contributed by atoms with E-state index in [1.807, 2.05) is 12.1 Å². The predicted octanol–water partition coefficient (Wildman–Crippen LogP) is 4.43. The minimum Gasteiger partial charge on any atom is -0.370 e. The van der Waals surface area contributed by atoms with E-state index in [0.717, 1.165) is 10.5 Å². The number of carbonyl (C=O) groups is 3. The highest BCUT2D eigenvalue weighted by atomic mass is 32.1. The summed E-state index contributed by atoms with van der Waals surface area (Å²) in [5.41, 5.74) is 8.55. The first-order valence-corrected chi connectivity index (χ1v) is 12.2. The molecule has 0 bridgehead atoms. The number of hydrogen-bond donors (Lipinski definition) is 2. The van der Waals surface area contributed by atoms with Crippen molar-refractivity contribution in [2.24, 2.45) is 5.73 Å². The minimum absolute atomic E-state index is 0.0593. The fourth-order valence-electron chi connectivity index (χ4n) is 3.77. The molecule has 2 aromatic heterocycles. The average molecular weight is 513 g/mol. The molecule has 0 atom stereocenters. The van der Waals surface area contributed by atoms with Crippen LogP contribution >= 0.6 is 11.3 Å². The molecule has 0 spiro atoms. The van der Waals surface area contributed by atoms with Crippen molar-refractivity contribution in [3.8, 4) is 6.07 Å². The van der Waals surface area contributed by atoms with Crippen molar-refractivity contribution in [2.45, 2.75) is 19.9 Å². The molecule has 0 radical (unpaired) electrons. The number of amides is 3. The zero-order valence-corrected chi connectivity index (χ0v) is 21.1. The van der Waals surface area contributed by atoms with E-state index in [2.05, 4.69) is 10.3 Å². The molecule has 3 amide bonds. The van der Waals surface area contributed by atoms with Crippen LogP contribution in [0.3, 0.4) is 0 Å². The summed E-state index contributed by atoms with van der Waals surface area (Å²) in [7, 11) is 1.68. The van der Waals surface area contributed by atoms with E-state index in [0.29, 0.717) is 27.2 Å². The fraction of sp³-hybridized carbons (Fsp3) is 0.148. The molecule has 0 saturated carbocycles. The maximum atomic E-state index is 13.0. The van der Waals surface area contributed by atoms with E-state index >= 15 is 0 Å².